The van der Waals surface area contributed by atoms with Crippen LogP contribution >= 0.6 is 22.9 Å². The van der Waals surface area contributed by atoms with Crippen molar-refractivity contribution in [2.45, 2.75) is 13.1 Å². The quantitative estimate of drug-likeness (QED) is 0.701. The second kappa shape index (κ2) is 5.99. The lowest BCUT2D eigenvalue weighted by Gasteiger charge is -2.28. The summed E-state index contributed by atoms with van der Waals surface area (Å²) in [6.45, 7) is 1.55. The SMILES string of the molecule is O=C(c1ccc(F)cc1Cl)N1CCn2c(-c3cscn3)cnc2C1. The third-order valence-electron chi connectivity index (χ3n) is 4.01. The molecule has 0 spiro atoms. The Morgan fingerprint density at radius 3 is 2.92 bits per heavy atom. The van der Waals surface area contributed by atoms with Gasteiger partial charge in [-0.1, -0.05) is 11.6 Å². The molecule has 1 aromatic carbocycles. The van der Waals surface area contributed by atoms with E-state index in [4.69, 9.17) is 11.6 Å². The smallest absolute Gasteiger partial charge is 0.255 e. The van der Waals surface area contributed by atoms with E-state index in [1.807, 2.05) is 5.38 Å². The number of imidazole rings is 1. The Balaban J connectivity index is 1.60. The first kappa shape index (κ1) is 15.3. The second-order valence-corrected chi connectivity index (χ2v) is 6.56. The van der Waals surface area contributed by atoms with E-state index in [1.54, 1.807) is 16.6 Å². The summed E-state index contributed by atoms with van der Waals surface area (Å²) in [5, 5.41) is 2.09. The van der Waals surface area contributed by atoms with Gasteiger partial charge in [0.2, 0.25) is 0 Å². The number of aromatic nitrogens is 3. The highest BCUT2D eigenvalue weighted by Gasteiger charge is 2.26. The highest BCUT2D eigenvalue weighted by molar-refractivity contribution is 7.07. The number of carbonyl (C=O) groups is 1. The highest BCUT2D eigenvalue weighted by atomic mass is 35.5. The summed E-state index contributed by atoms with van der Waals surface area (Å²) < 4.78 is 15.2. The minimum Gasteiger partial charge on any atom is -0.329 e. The van der Waals surface area contributed by atoms with E-state index >= 15 is 0 Å². The summed E-state index contributed by atoms with van der Waals surface area (Å²) >= 11 is 7.53. The number of fused-ring (bicyclic) bond motifs is 1. The van der Waals surface area contributed by atoms with Gasteiger partial charge in [-0.25, -0.2) is 14.4 Å². The van der Waals surface area contributed by atoms with E-state index in [0.717, 1.165) is 23.3 Å². The molecule has 0 saturated carbocycles. The average molecular weight is 363 g/mol. The van der Waals surface area contributed by atoms with Gasteiger partial charge in [0, 0.05) is 18.5 Å². The third-order valence-corrected chi connectivity index (χ3v) is 4.91. The predicted octanol–water partition coefficient (Wildman–Crippen LogP) is 3.46. The molecule has 2 aromatic heterocycles. The maximum absolute atomic E-state index is 13.2. The van der Waals surface area contributed by atoms with E-state index in [1.165, 1.54) is 23.5 Å². The van der Waals surface area contributed by atoms with Crippen LogP contribution in [0.2, 0.25) is 5.02 Å². The second-order valence-electron chi connectivity index (χ2n) is 5.44. The van der Waals surface area contributed by atoms with Crippen molar-refractivity contribution in [1.82, 2.24) is 19.4 Å². The zero-order valence-corrected chi connectivity index (χ0v) is 14.0. The summed E-state index contributed by atoms with van der Waals surface area (Å²) in [5.41, 5.74) is 3.93. The van der Waals surface area contributed by atoms with Gasteiger partial charge < -0.3 is 9.47 Å². The fourth-order valence-electron chi connectivity index (χ4n) is 2.81. The first-order valence-electron chi connectivity index (χ1n) is 7.31. The van der Waals surface area contributed by atoms with Gasteiger partial charge in [-0.15, -0.1) is 11.3 Å². The van der Waals surface area contributed by atoms with E-state index in [-0.39, 0.29) is 10.9 Å². The number of hydrogen-bond acceptors (Lipinski definition) is 4. The monoisotopic (exact) mass is 362 g/mol. The molecule has 3 aromatic rings. The van der Waals surface area contributed by atoms with Crippen molar-refractivity contribution in [2.24, 2.45) is 0 Å². The molecular formula is C16H12ClFN4OS. The summed E-state index contributed by atoms with van der Waals surface area (Å²) in [6.07, 6.45) is 1.78. The molecule has 0 fully saturated rings. The number of thiazole rings is 1. The molecule has 0 radical (unpaired) electrons. The Morgan fingerprint density at radius 1 is 1.29 bits per heavy atom. The van der Waals surface area contributed by atoms with Crippen LogP contribution in [0, 0.1) is 5.82 Å². The third kappa shape index (κ3) is 2.59. The number of rotatable bonds is 2. The van der Waals surface area contributed by atoms with Gasteiger partial charge in [0.25, 0.3) is 5.91 Å². The minimum absolute atomic E-state index is 0.122. The number of halogens is 2. The van der Waals surface area contributed by atoms with E-state index in [0.29, 0.717) is 25.2 Å². The molecule has 0 N–H and O–H groups in total. The van der Waals surface area contributed by atoms with Gasteiger partial charge in [0.1, 0.15) is 11.6 Å². The topological polar surface area (TPSA) is 51.0 Å². The molecule has 4 rings (SSSR count). The maximum atomic E-state index is 13.2. The first-order chi connectivity index (χ1) is 11.6. The van der Waals surface area contributed by atoms with Gasteiger partial charge in [-0.05, 0) is 18.2 Å². The number of benzene rings is 1. The van der Waals surface area contributed by atoms with Crippen LogP contribution in [0.1, 0.15) is 16.2 Å². The molecule has 0 saturated heterocycles. The Labute approximate surface area is 146 Å². The Bertz CT molecular complexity index is 909. The average Bonchev–Trinajstić information content (AvgIpc) is 3.22. The lowest BCUT2D eigenvalue weighted by molar-refractivity contribution is 0.0708. The molecule has 1 aliphatic rings. The molecule has 0 unspecified atom stereocenters. The van der Waals surface area contributed by atoms with Crippen LogP contribution in [0.4, 0.5) is 4.39 Å². The normalized spacial score (nSPS) is 13.8. The van der Waals surface area contributed by atoms with Crippen molar-refractivity contribution in [3.05, 3.63) is 57.5 Å². The predicted molar refractivity (Wildman–Crippen MR) is 89.5 cm³/mol. The molecule has 5 nitrogen and oxygen atoms in total. The van der Waals surface area contributed by atoms with Gasteiger partial charge >= 0.3 is 0 Å². The lowest BCUT2D eigenvalue weighted by Crippen LogP contribution is -2.38. The minimum atomic E-state index is -0.460. The molecule has 8 heteroatoms. The standard InChI is InChI=1S/C16H12ClFN4OS/c17-12-5-10(18)1-2-11(12)16(23)21-3-4-22-14(6-19-15(22)7-21)13-8-24-9-20-13/h1-2,5-6,8-9H,3-4,7H2. The van der Waals surface area contributed by atoms with Crippen LogP contribution in [0.25, 0.3) is 11.4 Å². The van der Waals surface area contributed by atoms with Gasteiger partial charge in [-0.3, -0.25) is 4.79 Å². The molecule has 24 heavy (non-hydrogen) atoms. The van der Waals surface area contributed by atoms with Crippen molar-refractivity contribution in [3.63, 3.8) is 0 Å². The number of amides is 1. The van der Waals surface area contributed by atoms with Crippen molar-refractivity contribution in [1.29, 1.82) is 0 Å². The molecule has 1 amide bonds. The number of nitrogens with zero attached hydrogens (tertiary/aromatic N) is 4. The zero-order valence-electron chi connectivity index (χ0n) is 12.4. The molecule has 122 valence electrons. The van der Waals surface area contributed by atoms with Crippen LogP contribution in [0.3, 0.4) is 0 Å². The largest absolute Gasteiger partial charge is 0.329 e. The summed E-state index contributed by atoms with van der Waals surface area (Å²) in [6, 6.07) is 3.81. The fraction of sp³-hybridized carbons (Fsp3) is 0.188. The Morgan fingerprint density at radius 2 is 2.17 bits per heavy atom. The summed E-state index contributed by atoms with van der Waals surface area (Å²) in [5.74, 6) is 0.124. The number of carbonyl (C=O) groups excluding carboxylic acids is 1. The molecule has 0 aliphatic carbocycles. The summed E-state index contributed by atoms with van der Waals surface area (Å²) in [4.78, 5) is 23.1. The van der Waals surface area contributed by atoms with E-state index < -0.39 is 5.82 Å². The maximum Gasteiger partial charge on any atom is 0.255 e. The van der Waals surface area contributed by atoms with E-state index in [9.17, 15) is 9.18 Å². The fourth-order valence-corrected chi connectivity index (χ4v) is 3.60. The Kier molecular flexibility index (Phi) is 3.82. The van der Waals surface area contributed by atoms with Crippen LogP contribution < -0.4 is 0 Å². The van der Waals surface area contributed by atoms with Gasteiger partial charge in [-0.2, -0.15) is 0 Å². The highest BCUT2D eigenvalue weighted by Crippen LogP contribution is 2.26. The first-order valence-corrected chi connectivity index (χ1v) is 8.63. The van der Waals surface area contributed by atoms with Crippen LogP contribution in [-0.4, -0.2) is 31.9 Å². The van der Waals surface area contributed by atoms with Crippen molar-refractivity contribution in [3.8, 4) is 11.4 Å². The van der Waals surface area contributed by atoms with Crippen molar-refractivity contribution in [2.75, 3.05) is 6.54 Å². The number of hydrogen-bond donors (Lipinski definition) is 0. The van der Waals surface area contributed by atoms with Gasteiger partial charge in [0.15, 0.2) is 0 Å². The Hall–Kier alpha value is -2.25. The van der Waals surface area contributed by atoms with Crippen LogP contribution in [0.15, 0.2) is 35.3 Å². The molecular weight excluding hydrogens is 351 g/mol. The molecule has 0 bridgehead atoms. The lowest BCUT2D eigenvalue weighted by atomic mass is 10.1. The molecule has 3 heterocycles. The van der Waals surface area contributed by atoms with E-state index in [2.05, 4.69) is 14.5 Å². The van der Waals surface area contributed by atoms with Crippen LogP contribution in [-0.2, 0) is 13.1 Å². The van der Waals surface area contributed by atoms with Crippen molar-refractivity contribution < 1.29 is 9.18 Å². The van der Waals surface area contributed by atoms with Crippen LogP contribution in [0.5, 0.6) is 0 Å². The summed E-state index contributed by atoms with van der Waals surface area (Å²) in [7, 11) is 0. The van der Waals surface area contributed by atoms with Crippen molar-refractivity contribution >= 4 is 28.8 Å². The molecule has 0 atom stereocenters. The molecule has 1 aliphatic heterocycles. The van der Waals surface area contributed by atoms with Gasteiger partial charge in [0.05, 0.1) is 40.2 Å². The zero-order chi connectivity index (χ0) is 16.7.